The van der Waals surface area contributed by atoms with Crippen molar-refractivity contribution in [2.75, 3.05) is 5.32 Å². The summed E-state index contributed by atoms with van der Waals surface area (Å²) in [6.07, 6.45) is -1.01. The summed E-state index contributed by atoms with van der Waals surface area (Å²) < 4.78 is 23.1. The summed E-state index contributed by atoms with van der Waals surface area (Å²) >= 11 is 1.20. The highest BCUT2D eigenvalue weighted by molar-refractivity contribution is 7.17. The molecule has 26 heavy (non-hydrogen) atoms. The van der Waals surface area contributed by atoms with Gasteiger partial charge in [-0.3, -0.25) is 10.1 Å². The smallest absolute Gasteiger partial charge is 0.349 e. The first kappa shape index (κ1) is 17.8. The molecule has 2 heterocycles. The fourth-order valence-electron chi connectivity index (χ4n) is 2.13. The van der Waals surface area contributed by atoms with E-state index in [4.69, 9.17) is 9.26 Å². The summed E-state index contributed by atoms with van der Waals surface area (Å²) in [4.78, 5) is 25.4. The monoisotopic (exact) mass is 374 g/mol. The minimum Gasteiger partial charge on any atom is -0.448 e. The van der Waals surface area contributed by atoms with Crippen LogP contribution in [0.1, 0.15) is 22.3 Å². The van der Waals surface area contributed by atoms with Crippen molar-refractivity contribution < 1.29 is 23.2 Å². The van der Waals surface area contributed by atoms with Gasteiger partial charge in [-0.2, -0.15) is 0 Å². The lowest BCUT2D eigenvalue weighted by Gasteiger charge is -2.11. The topological polar surface area (TPSA) is 81.4 Å². The molecule has 1 aromatic carbocycles. The number of carbonyl (C=O) groups excluding carboxylic acids is 2. The third-order valence-corrected chi connectivity index (χ3v) is 4.58. The van der Waals surface area contributed by atoms with Crippen molar-refractivity contribution in [1.82, 2.24) is 5.16 Å². The zero-order chi connectivity index (χ0) is 18.7. The number of rotatable bonds is 5. The third-order valence-electron chi connectivity index (χ3n) is 3.46. The van der Waals surface area contributed by atoms with E-state index in [2.05, 4.69) is 10.5 Å². The molecule has 0 saturated heterocycles. The molecule has 134 valence electrons. The maximum Gasteiger partial charge on any atom is 0.349 e. The van der Waals surface area contributed by atoms with Crippen LogP contribution in [0.25, 0.3) is 10.4 Å². The Hall–Kier alpha value is -3.00. The third kappa shape index (κ3) is 4.15. The lowest BCUT2D eigenvalue weighted by atomic mass is 10.2. The van der Waals surface area contributed by atoms with E-state index in [1.807, 2.05) is 0 Å². The molecule has 1 N–H and O–H groups in total. The summed E-state index contributed by atoms with van der Waals surface area (Å²) in [5, 5.41) is 6.13. The van der Waals surface area contributed by atoms with Crippen molar-refractivity contribution in [2.45, 2.75) is 20.0 Å². The van der Waals surface area contributed by atoms with Crippen LogP contribution in [0.15, 0.2) is 47.0 Å². The fraction of sp³-hybridized carbons (Fsp3) is 0.167. The Morgan fingerprint density at radius 1 is 1.23 bits per heavy atom. The molecule has 1 amide bonds. The van der Waals surface area contributed by atoms with Crippen LogP contribution >= 0.6 is 11.3 Å². The maximum atomic E-state index is 13.0. The molecule has 0 aliphatic heterocycles. The SMILES string of the molecule is Cc1cc(NC(=O)C(C)OC(=O)c2ccc(-c3ccc(F)cc3)s2)on1. The normalized spacial score (nSPS) is 11.8. The Kier molecular flexibility index (Phi) is 5.13. The number of benzene rings is 1. The van der Waals surface area contributed by atoms with Gasteiger partial charge in [0, 0.05) is 10.9 Å². The van der Waals surface area contributed by atoms with Gasteiger partial charge in [-0.05, 0) is 43.7 Å². The van der Waals surface area contributed by atoms with Gasteiger partial charge < -0.3 is 9.26 Å². The summed E-state index contributed by atoms with van der Waals surface area (Å²) in [5.74, 6) is -1.28. The number of carbonyl (C=O) groups is 2. The number of aryl methyl sites for hydroxylation is 1. The van der Waals surface area contributed by atoms with Gasteiger partial charge in [-0.25, -0.2) is 9.18 Å². The number of hydrogen-bond acceptors (Lipinski definition) is 6. The summed E-state index contributed by atoms with van der Waals surface area (Å²) in [6.45, 7) is 3.18. The predicted octanol–water partition coefficient (Wildman–Crippen LogP) is 4.03. The zero-order valence-corrected chi connectivity index (χ0v) is 14.8. The number of nitrogens with zero attached hydrogens (tertiary/aromatic N) is 1. The first-order valence-corrected chi connectivity index (χ1v) is 8.55. The highest BCUT2D eigenvalue weighted by Crippen LogP contribution is 2.28. The van der Waals surface area contributed by atoms with E-state index in [0.29, 0.717) is 10.6 Å². The molecule has 1 atom stereocenters. The number of thiophene rings is 1. The second kappa shape index (κ2) is 7.49. The van der Waals surface area contributed by atoms with Crippen LogP contribution < -0.4 is 5.32 Å². The minimum atomic E-state index is -1.01. The number of aromatic nitrogens is 1. The van der Waals surface area contributed by atoms with Crippen LogP contribution in [0.4, 0.5) is 10.3 Å². The first-order chi connectivity index (χ1) is 12.4. The zero-order valence-electron chi connectivity index (χ0n) is 14.0. The van der Waals surface area contributed by atoms with Crippen LogP contribution in [0, 0.1) is 12.7 Å². The predicted molar refractivity (Wildman–Crippen MR) is 94.5 cm³/mol. The van der Waals surface area contributed by atoms with E-state index in [0.717, 1.165) is 10.4 Å². The van der Waals surface area contributed by atoms with E-state index >= 15 is 0 Å². The van der Waals surface area contributed by atoms with E-state index in [-0.39, 0.29) is 11.7 Å². The van der Waals surface area contributed by atoms with Crippen molar-refractivity contribution >= 4 is 29.1 Å². The number of hydrogen-bond donors (Lipinski definition) is 1. The van der Waals surface area contributed by atoms with Gasteiger partial charge in [0.2, 0.25) is 5.88 Å². The fourth-order valence-corrected chi connectivity index (χ4v) is 3.03. The van der Waals surface area contributed by atoms with Crippen molar-refractivity contribution in [1.29, 1.82) is 0 Å². The van der Waals surface area contributed by atoms with E-state index in [1.165, 1.54) is 30.4 Å². The van der Waals surface area contributed by atoms with Crippen molar-refractivity contribution in [3.8, 4) is 10.4 Å². The molecule has 0 aliphatic rings. The van der Waals surface area contributed by atoms with Crippen LogP contribution in [-0.2, 0) is 9.53 Å². The lowest BCUT2D eigenvalue weighted by Crippen LogP contribution is -2.29. The molecule has 3 aromatic rings. The van der Waals surface area contributed by atoms with Crippen molar-refractivity contribution in [2.24, 2.45) is 0 Å². The molecular formula is C18H15FN2O4S. The van der Waals surface area contributed by atoms with E-state index in [1.54, 1.807) is 37.3 Å². The molecule has 1 unspecified atom stereocenters. The number of halogens is 1. The highest BCUT2D eigenvalue weighted by Gasteiger charge is 2.21. The number of nitrogens with one attached hydrogen (secondary N) is 1. The molecule has 0 saturated carbocycles. The second-order valence-electron chi connectivity index (χ2n) is 5.54. The second-order valence-corrected chi connectivity index (χ2v) is 6.62. The molecule has 0 aliphatic carbocycles. The van der Waals surface area contributed by atoms with Crippen LogP contribution in [0.5, 0.6) is 0 Å². The van der Waals surface area contributed by atoms with Gasteiger partial charge in [0.1, 0.15) is 10.7 Å². The number of ether oxygens (including phenoxy) is 1. The number of amides is 1. The molecule has 0 radical (unpaired) electrons. The van der Waals surface area contributed by atoms with E-state index in [9.17, 15) is 14.0 Å². The average molecular weight is 374 g/mol. The van der Waals surface area contributed by atoms with Crippen LogP contribution in [-0.4, -0.2) is 23.1 Å². The Morgan fingerprint density at radius 2 is 1.96 bits per heavy atom. The van der Waals surface area contributed by atoms with Gasteiger partial charge in [0.25, 0.3) is 5.91 Å². The quantitative estimate of drug-likeness (QED) is 0.682. The Morgan fingerprint density at radius 3 is 2.62 bits per heavy atom. The van der Waals surface area contributed by atoms with E-state index < -0.39 is 18.0 Å². The van der Waals surface area contributed by atoms with Gasteiger partial charge >= 0.3 is 5.97 Å². The lowest BCUT2D eigenvalue weighted by molar-refractivity contribution is -0.123. The average Bonchev–Trinajstić information content (AvgIpc) is 3.25. The maximum absolute atomic E-state index is 13.0. The minimum absolute atomic E-state index is 0.185. The molecule has 3 rings (SSSR count). The Labute approximate surface area is 152 Å². The van der Waals surface area contributed by atoms with Crippen molar-refractivity contribution in [3.63, 3.8) is 0 Å². The van der Waals surface area contributed by atoms with Gasteiger partial charge in [0.05, 0.1) is 5.69 Å². The summed E-state index contributed by atoms with van der Waals surface area (Å²) in [5.41, 5.74) is 1.42. The molecule has 0 bridgehead atoms. The molecule has 8 heteroatoms. The van der Waals surface area contributed by atoms with Gasteiger partial charge in [-0.15, -0.1) is 11.3 Å². The molecule has 2 aromatic heterocycles. The van der Waals surface area contributed by atoms with Gasteiger partial charge in [0.15, 0.2) is 6.10 Å². The first-order valence-electron chi connectivity index (χ1n) is 7.73. The van der Waals surface area contributed by atoms with Crippen molar-refractivity contribution in [3.05, 3.63) is 58.9 Å². The largest absolute Gasteiger partial charge is 0.448 e. The highest BCUT2D eigenvalue weighted by atomic mass is 32.1. The van der Waals surface area contributed by atoms with Crippen LogP contribution in [0.3, 0.4) is 0 Å². The molecule has 6 nitrogen and oxygen atoms in total. The molecule has 0 spiro atoms. The summed E-state index contributed by atoms with van der Waals surface area (Å²) in [6, 6.07) is 10.9. The summed E-state index contributed by atoms with van der Waals surface area (Å²) in [7, 11) is 0. The standard InChI is InChI=1S/C18H15FN2O4S/c1-10-9-16(25-21-10)20-17(22)11(2)24-18(23)15-8-7-14(26-15)12-3-5-13(19)6-4-12/h3-9,11H,1-2H3,(H,20,22). The number of esters is 1. The Bertz CT molecular complexity index is 933. The Balaban J connectivity index is 1.62. The van der Waals surface area contributed by atoms with Crippen LogP contribution in [0.2, 0.25) is 0 Å². The number of anilines is 1. The molecular weight excluding hydrogens is 359 g/mol. The molecule has 0 fully saturated rings. The van der Waals surface area contributed by atoms with Gasteiger partial charge in [-0.1, -0.05) is 17.3 Å².